The third-order valence-electron chi connectivity index (χ3n) is 1.77. The van der Waals surface area contributed by atoms with E-state index in [1.54, 1.807) is 38.5 Å². The van der Waals surface area contributed by atoms with E-state index in [1.165, 1.54) is 0 Å². The zero-order chi connectivity index (χ0) is 11.7. The summed E-state index contributed by atoms with van der Waals surface area (Å²) in [5, 5.41) is 0. The predicted molar refractivity (Wildman–Crippen MR) is 59.9 cm³/mol. The second-order valence-corrected chi connectivity index (χ2v) is 2.59. The lowest BCUT2D eigenvalue weighted by atomic mass is 10.1. The smallest absolute Gasteiger partial charge is 0.183 e. The quantitative estimate of drug-likeness (QED) is 0.566. The SMILES string of the molecule is CC.COC(OC)c1ccc(C=O)cc1. The Labute approximate surface area is 91.0 Å². The van der Waals surface area contributed by atoms with Crippen molar-refractivity contribution >= 4 is 6.29 Å². The molecule has 3 heteroatoms. The molecule has 0 saturated heterocycles. The van der Waals surface area contributed by atoms with Gasteiger partial charge in [-0.05, 0) is 0 Å². The third kappa shape index (κ3) is 4.23. The highest BCUT2D eigenvalue weighted by molar-refractivity contribution is 5.74. The molecule has 0 saturated carbocycles. The number of ether oxygens (including phenoxy) is 2. The molecule has 1 rings (SSSR count). The van der Waals surface area contributed by atoms with Gasteiger partial charge in [-0.25, -0.2) is 0 Å². The highest BCUT2D eigenvalue weighted by atomic mass is 16.7. The molecule has 0 radical (unpaired) electrons. The summed E-state index contributed by atoms with van der Waals surface area (Å²) in [6.07, 6.45) is 0.443. The molecule has 0 heterocycles. The zero-order valence-corrected chi connectivity index (χ0v) is 9.69. The van der Waals surface area contributed by atoms with Gasteiger partial charge in [-0.2, -0.15) is 0 Å². The number of methoxy groups -OCH3 is 2. The fraction of sp³-hybridized carbons (Fsp3) is 0.417. The van der Waals surface area contributed by atoms with E-state index in [4.69, 9.17) is 9.47 Å². The van der Waals surface area contributed by atoms with Gasteiger partial charge in [0.25, 0.3) is 0 Å². The molecule has 0 unspecified atom stereocenters. The average Bonchev–Trinajstić information content (AvgIpc) is 2.34. The van der Waals surface area contributed by atoms with Crippen molar-refractivity contribution in [3.05, 3.63) is 35.4 Å². The Kier molecular flexibility index (Phi) is 7.50. The molecule has 1 aromatic carbocycles. The van der Waals surface area contributed by atoms with Crippen molar-refractivity contribution in [2.75, 3.05) is 14.2 Å². The molecular weight excluding hydrogens is 192 g/mol. The largest absolute Gasteiger partial charge is 0.352 e. The van der Waals surface area contributed by atoms with Crippen LogP contribution in [0.4, 0.5) is 0 Å². The molecule has 0 aromatic heterocycles. The lowest BCUT2D eigenvalue weighted by Gasteiger charge is -2.13. The first-order valence-electron chi connectivity index (χ1n) is 4.92. The molecule has 1 aromatic rings. The summed E-state index contributed by atoms with van der Waals surface area (Å²) in [6, 6.07) is 7.07. The van der Waals surface area contributed by atoms with Gasteiger partial charge in [0.15, 0.2) is 6.29 Å². The summed E-state index contributed by atoms with van der Waals surface area (Å²) in [4.78, 5) is 10.4. The molecule has 0 aliphatic rings. The summed E-state index contributed by atoms with van der Waals surface area (Å²) < 4.78 is 10.1. The van der Waals surface area contributed by atoms with Crippen molar-refractivity contribution in [3.63, 3.8) is 0 Å². The minimum Gasteiger partial charge on any atom is -0.352 e. The van der Waals surface area contributed by atoms with Crippen LogP contribution in [0.3, 0.4) is 0 Å². The fourth-order valence-corrected chi connectivity index (χ4v) is 1.10. The lowest BCUT2D eigenvalue weighted by molar-refractivity contribution is -0.106. The Balaban J connectivity index is 0.000000921. The number of carbonyl (C=O) groups is 1. The number of benzene rings is 1. The first-order chi connectivity index (χ1) is 7.31. The van der Waals surface area contributed by atoms with Crippen molar-refractivity contribution in [2.45, 2.75) is 20.1 Å². The van der Waals surface area contributed by atoms with Crippen LogP contribution in [0.5, 0.6) is 0 Å². The summed E-state index contributed by atoms with van der Waals surface area (Å²) in [5.74, 6) is 0. The fourth-order valence-electron chi connectivity index (χ4n) is 1.10. The normalized spacial score (nSPS) is 9.40. The second-order valence-electron chi connectivity index (χ2n) is 2.59. The number of aldehydes is 1. The molecule has 0 fully saturated rings. The van der Waals surface area contributed by atoms with E-state index in [2.05, 4.69) is 0 Å². The Hall–Kier alpha value is -1.19. The van der Waals surface area contributed by atoms with Crippen LogP contribution in [0.1, 0.15) is 36.1 Å². The molecule has 0 N–H and O–H groups in total. The highest BCUT2D eigenvalue weighted by Crippen LogP contribution is 2.16. The van der Waals surface area contributed by atoms with Gasteiger partial charge in [-0.15, -0.1) is 0 Å². The van der Waals surface area contributed by atoms with Crippen LogP contribution in [0.25, 0.3) is 0 Å². The van der Waals surface area contributed by atoms with Gasteiger partial charge < -0.3 is 9.47 Å². The first kappa shape index (κ1) is 13.8. The minimum atomic E-state index is -0.360. The van der Waals surface area contributed by atoms with Crippen molar-refractivity contribution < 1.29 is 14.3 Å². The van der Waals surface area contributed by atoms with Crippen LogP contribution in [0.15, 0.2) is 24.3 Å². The predicted octanol–water partition coefficient (Wildman–Crippen LogP) is 2.82. The van der Waals surface area contributed by atoms with Gasteiger partial charge in [0, 0.05) is 25.3 Å². The van der Waals surface area contributed by atoms with Crippen molar-refractivity contribution in [3.8, 4) is 0 Å². The molecule has 0 bridgehead atoms. The molecule has 0 spiro atoms. The van der Waals surface area contributed by atoms with Gasteiger partial charge in [-0.1, -0.05) is 38.1 Å². The average molecular weight is 210 g/mol. The van der Waals surface area contributed by atoms with E-state index in [-0.39, 0.29) is 6.29 Å². The molecule has 84 valence electrons. The number of hydrogen-bond acceptors (Lipinski definition) is 3. The molecule has 0 aliphatic carbocycles. The van der Waals surface area contributed by atoms with Crippen LogP contribution in [-0.4, -0.2) is 20.5 Å². The van der Waals surface area contributed by atoms with Gasteiger partial charge >= 0.3 is 0 Å². The molecular formula is C12H18O3. The monoisotopic (exact) mass is 210 g/mol. The summed E-state index contributed by atoms with van der Waals surface area (Å²) in [5.41, 5.74) is 1.55. The standard InChI is InChI=1S/C10H12O3.C2H6/c1-12-10(13-2)9-5-3-8(7-11)4-6-9;1-2/h3-7,10H,1-2H3;1-2H3. The maximum absolute atomic E-state index is 10.4. The maximum atomic E-state index is 10.4. The number of rotatable bonds is 4. The van der Waals surface area contributed by atoms with Crippen LogP contribution in [0, 0.1) is 0 Å². The Bertz CT molecular complexity index is 263. The van der Waals surface area contributed by atoms with Crippen LogP contribution in [0.2, 0.25) is 0 Å². The number of hydrogen-bond donors (Lipinski definition) is 0. The lowest BCUT2D eigenvalue weighted by Crippen LogP contribution is -2.03. The first-order valence-corrected chi connectivity index (χ1v) is 4.92. The van der Waals surface area contributed by atoms with E-state index in [9.17, 15) is 4.79 Å². The number of carbonyl (C=O) groups excluding carboxylic acids is 1. The van der Waals surface area contributed by atoms with Crippen LogP contribution < -0.4 is 0 Å². The van der Waals surface area contributed by atoms with Gasteiger partial charge in [0.1, 0.15) is 6.29 Å². The van der Waals surface area contributed by atoms with Crippen LogP contribution in [-0.2, 0) is 9.47 Å². The Morgan fingerprint density at radius 1 is 1.07 bits per heavy atom. The molecule has 0 aliphatic heterocycles. The van der Waals surface area contributed by atoms with E-state index >= 15 is 0 Å². The summed E-state index contributed by atoms with van der Waals surface area (Å²) in [6.45, 7) is 4.00. The third-order valence-corrected chi connectivity index (χ3v) is 1.77. The van der Waals surface area contributed by atoms with E-state index < -0.39 is 0 Å². The van der Waals surface area contributed by atoms with Crippen molar-refractivity contribution in [1.29, 1.82) is 0 Å². The zero-order valence-electron chi connectivity index (χ0n) is 9.69. The van der Waals surface area contributed by atoms with E-state index in [1.807, 2.05) is 13.8 Å². The topological polar surface area (TPSA) is 35.5 Å². The molecule has 0 amide bonds. The Morgan fingerprint density at radius 2 is 1.53 bits per heavy atom. The van der Waals surface area contributed by atoms with E-state index in [0.717, 1.165) is 11.8 Å². The molecule has 3 nitrogen and oxygen atoms in total. The molecule has 15 heavy (non-hydrogen) atoms. The van der Waals surface area contributed by atoms with Crippen molar-refractivity contribution in [1.82, 2.24) is 0 Å². The Morgan fingerprint density at radius 3 is 1.87 bits per heavy atom. The maximum Gasteiger partial charge on any atom is 0.183 e. The second kappa shape index (κ2) is 8.15. The van der Waals surface area contributed by atoms with Gasteiger partial charge in [-0.3, -0.25) is 4.79 Å². The highest BCUT2D eigenvalue weighted by Gasteiger charge is 2.07. The van der Waals surface area contributed by atoms with Gasteiger partial charge in [0.2, 0.25) is 0 Å². The molecule has 0 atom stereocenters. The summed E-state index contributed by atoms with van der Waals surface area (Å²) >= 11 is 0. The minimum absolute atomic E-state index is 0.360. The summed E-state index contributed by atoms with van der Waals surface area (Å²) in [7, 11) is 3.14. The van der Waals surface area contributed by atoms with E-state index in [0.29, 0.717) is 5.56 Å². The van der Waals surface area contributed by atoms with Crippen molar-refractivity contribution in [2.24, 2.45) is 0 Å². The van der Waals surface area contributed by atoms with Crippen LogP contribution >= 0.6 is 0 Å². The van der Waals surface area contributed by atoms with Gasteiger partial charge in [0.05, 0.1) is 0 Å².